The van der Waals surface area contributed by atoms with Gasteiger partial charge in [0.25, 0.3) is 5.91 Å². The zero-order chi connectivity index (χ0) is 15.4. The van der Waals surface area contributed by atoms with Crippen molar-refractivity contribution in [2.45, 2.75) is 6.92 Å². The number of carbonyl (C=O) groups excluding carboxylic acids is 1. The van der Waals surface area contributed by atoms with E-state index < -0.39 is 5.91 Å². The smallest absolute Gasteiger partial charge is 0.275 e. The summed E-state index contributed by atoms with van der Waals surface area (Å²) in [5.41, 5.74) is 3.65. The number of halogens is 2. The van der Waals surface area contributed by atoms with Gasteiger partial charge >= 0.3 is 0 Å². The molecule has 0 heterocycles. The first-order chi connectivity index (χ1) is 9.99. The van der Waals surface area contributed by atoms with Gasteiger partial charge in [-0.1, -0.05) is 35.3 Å². The van der Waals surface area contributed by atoms with Crippen LogP contribution >= 0.6 is 23.2 Å². The number of para-hydroxylation sites is 1. The fourth-order valence-corrected chi connectivity index (χ4v) is 2.12. The number of phenols is 1. The Morgan fingerprint density at radius 3 is 2.57 bits per heavy atom. The molecule has 0 aliphatic heterocycles. The Balaban J connectivity index is 2.19. The Bertz CT molecular complexity index is 715. The Morgan fingerprint density at radius 2 is 1.86 bits per heavy atom. The molecule has 2 aromatic rings. The number of rotatable bonds is 3. The zero-order valence-electron chi connectivity index (χ0n) is 11.1. The highest BCUT2D eigenvalue weighted by Crippen LogP contribution is 2.21. The molecule has 0 saturated heterocycles. The molecule has 0 aromatic heterocycles. The van der Waals surface area contributed by atoms with Crippen LogP contribution in [-0.2, 0) is 0 Å². The van der Waals surface area contributed by atoms with Crippen LogP contribution in [0.25, 0.3) is 0 Å². The summed E-state index contributed by atoms with van der Waals surface area (Å²) in [6.07, 6.45) is 0. The molecule has 2 rings (SSSR count). The van der Waals surface area contributed by atoms with Crippen molar-refractivity contribution in [3.63, 3.8) is 0 Å². The zero-order valence-corrected chi connectivity index (χ0v) is 12.6. The second-order valence-corrected chi connectivity index (χ2v) is 5.12. The van der Waals surface area contributed by atoms with Crippen LogP contribution < -0.4 is 5.43 Å². The van der Waals surface area contributed by atoms with Crippen molar-refractivity contribution in [2.75, 3.05) is 0 Å². The molecule has 0 aliphatic carbocycles. The lowest BCUT2D eigenvalue weighted by atomic mass is 10.1. The van der Waals surface area contributed by atoms with Gasteiger partial charge in [-0.2, -0.15) is 5.10 Å². The van der Waals surface area contributed by atoms with Gasteiger partial charge in [-0.05, 0) is 37.3 Å². The van der Waals surface area contributed by atoms with Gasteiger partial charge in [0.1, 0.15) is 5.75 Å². The summed E-state index contributed by atoms with van der Waals surface area (Å²) in [5, 5.41) is 14.6. The predicted molar refractivity (Wildman–Crippen MR) is 84.2 cm³/mol. The molecule has 2 N–H and O–H groups in total. The standard InChI is InChI=1S/C15H12Cl2N2O2/c1-9(12-8-10(16)6-7-13(12)17)18-19-15(21)11-4-2-3-5-14(11)20/h2-8,20H,1H3,(H,19,21)/b18-9+. The summed E-state index contributed by atoms with van der Waals surface area (Å²) >= 11 is 12.0. The second kappa shape index (κ2) is 6.61. The molecular weight excluding hydrogens is 311 g/mol. The van der Waals surface area contributed by atoms with Crippen LogP contribution in [0.1, 0.15) is 22.8 Å². The first-order valence-electron chi connectivity index (χ1n) is 6.07. The van der Waals surface area contributed by atoms with Crippen LogP contribution in [0.3, 0.4) is 0 Å². The van der Waals surface area contributed by atoms with E-state index in [-0.39, 0.29) is 11.3 Å². The number of nitrogens with zero attached hydrogens (tertiary/aromatic N) is 1. The van der Waals surface area contributed by atoms with E-state index in [2.05, 4.69) is 10.5 Å². The number of phenolic OH excluding ortho intramolecular Hbond substituents is 1. The third-order valence-electron chi connectivity index (χ3n) is 2.79. The number of benzene rings is 2. The van der Waals surface area contributed by atoms with Gasteiger partial charge in [0.2, 0.25) is 0 Å². The maximum atomic E-state index is 11.9. The van der Waals surface area contributed by atoms with Crippen LogP contribution in [0.2, 0.25) is 10.0 Å². The highest BCUT2D eigenvalue weighted by atomic mass is 35.5. The highest BCUT2D eigenvalue weighted by Gasteiger charge is 2.10. The van der Waals surface area contributed by atoms with E-state index in [1.807, 2.05) is 0 Å². The topological polar surface area (TPSA) is 61.7 Å². The van der Waals surface area contributed by atoms with E-state index in [1.54, 1.807) is 37.3 Å². The van der Waals surface area contributed by atoms with E-state index in [4.69, 9.17) is 23.2 Å². The fraction of sp³-hybridized carbons (Fsp3) is 0.0667. The summed E-state index contributed by atoms with van der Waals surface area (Å²) in [6, 6.07) is 11.2. The number of amides is 1. The van der Waals surface area contributed by atoms with Gasteiger partial charge in [0.15, 0.2) is 0 Å². The molecular formula is C15H12Cl2N2O2. The molecule has 21 heavy (non-hydrogen) atoms. The normalized spacial score (nSPS) is 11.3. The third-order valence-corrected chi connectivity index (χ3v) is 3.36. The summed E-state index contributed by atoms with van der Waals surface area (Å²) in [7, 11) is 0. The summed E-state index contributed by atoms with van der Waals surface area (Å²) in [6.45, 7) is 1.70. The van der Waals surface area contributed by atoms with Gasteiger partial charge in [0, 0.05) is 15.6 Å². The minimum atomic E-state index is -0.509. The highest BCUT2D eigenvalue weighted by molar-refractivity contribution is 6.36. The minimum absolute atomic E-state index is 0.108. The van der Waals surface area contributed by atoms with Crippen molar-refractivity contribution in [1.29, 1.82) is 0 Å². The Morgan fingerprint density at radius 1 is 1.14 bits per heavy atom. The Hall–Kier alpha value is -2.04. The number of hydrazone groups is 1. The van der Waals surface area contributed by atoms with Crippen LogP contribution in [0.5, 0.6) is 5.75 Å². The third kappa shape index (κ3) is 3.74. The molecule has 0 unspecified atom stereocenters. The minimum Gasteiger partial charge on any atom is -0.507 e. The lowest BCUT2D eigenvalue weighted by molar-refractivity contribution is 0.0952. The van der Waals surface area contributed by atoms with E-state index in [9.17, 15) is 9.90 Å². The van der Waals surface area contributed by atoms with Crippen molar-refractivity contribution >= 4 is 34.8 Å². The molecule has 0 spiro atoms. The summed E-state index contributed by atoms with van der Waals surface area (Å²) < 4.78 is 0. The molecule has 2 aromatic carbocycles. The van der Waals surface area contributed by atoms with E-state index in [1.165, 1.54) is 12.1 Å². The Kier molecular flexibility index (Phi) is 4.83. The average molecular weight is 323 g/mol. The quantitative estimate of drug-likeness (QED) is 0.666. The molecule has 1 amide bonds. The largest absolute Gasteiger partial charge is 0.507 e. The number of hydrogen-bond acceptors (Lipinski definition) is 3. The molecule has 6 heteroatoms. The van der Waals surface area contributed by atoms with Crippen molar-refractivity contribution in [1.82, 2.24) is 5.43 Å². The van der Waals surface area contributed by atoms with Gasteiger partial charge < -0.3 is 5.11 Å². The molecule has 0 atom stereocenters. The van der Waals surface area contributed by atoms with Crippen LogP contribution in [0, 0.1) is 0 Å². The maximum absolute atomic E-state index is 11.9. The Labute approximate surface area is 132 Å². The van der Waals surface area contributed by atoms with Crippen LogP contribution in [0.15, 0.2) is 47.6 Å². The van der Waals surface area contributed by atoms with Crippen molar-refractivity contribution in [2.24, 2.45) is 5.10 Å². The predicted octanol–water partition coefficient (Wildman–Crippen LogP) is 3.85. The number of nitrogens with one attached hydrogen (secondary N) is 1. The maximum Gasteiger partial charge on any atom is 0.275 e. The van der Waals surface area contributed by atoms with Crippen molar-refractivity contribution in [3.8, 4) is 5.75 Å². The fourth-order valence-electron chi connectivity index (χ4n) is 1.70. The van der Waals surface area contributed by atoms with E-state index in [0.29, 0.717) is 21.3 Å². The molecule has 4 nitrogen and oxygen atoms in total. The van der Waals surface area contributed by atoms with Gasteiger partial charge in [-0.3, -0.25) is 4.79 Å². The molecule has 0 aliphatic rings. The molecule has 108 valence electrons. The molecule has 0 saturated carbocycles. The summed E-state index contributed by atoms with van der Waals surface area (Å²) in [4.78, 5) is 11.9. The van der Waals surface area contributed by atoms with Crippen LogP contribution in [-0.4, -0.2) is 16.7 Å². The number of hydrogen-bond donors (Lipinski definition) is 2. The van der Waals surface area contributed by atoms with Crippen LogP contribution in [0.4, 0.5) is 0 Å². The van der Waals surface area contributed by atoms with Gasteiger partial charge in [-0.25, -0.2) is 5.43 Å². The monoisotopic (exact) mass is 322 g/mol. The average Bonchev–Trinajstić information content (AvgIpc) is 2.47. The lowest BCUT2D eigenvalue weighted by Gasteiger charge is -2.06. The first kappa shape index (κ1) is 15.4. The molecule has 0 fully saturated rings. The summed E-state index contributed by atoms with van der Waals surface area (Å²) in [5.74, 6) is -0.616. The lowest BCUT2D eigenvalue weighted by Crippen LogP contribution is -2.19. The second-order valence-electron chi connectivity index (χ2n) is 4.28. The SMILES string of the molecule is C/C(=N\NC(=O)c1ccccc1O)c1cc(Cl)ccc1Cl. The number of carbonyl (C=O) groups is 1. The van der Waals surface area contributed by atoms with E-state index in [0.717, 1.165) is 0 Å². The number of aromatic hydroxyl groups is 1. The molecule has 0 bridgehead atoms. The molecule has 0 radical (unpaired) electrons. The van der Waals surface area contributed by atoms with Crippen molar-refractivity contribution < 1.29 is 9.90 Å². The van der Waals surface area contributed by atoms with Gasteiger partial charge in [-0.15, -0.1) is 0 Å². The first-order valence-corrected chi connectivity index (χ1v) is 6.82. The van der Waals surface area contributed by atoms with E-state index >= 15 is 0 Å². The van der Waals surface area contributed by atoms with Crippen molar-refractivity contribution in [3.05, 3.63) is 63.6 Å². The van der Waals surface area contributed by atoms with Gasteiger partial charge in [0.05, 0.1) is 11.3 Å².